The van der Waals surface area contributed by atoms with Crippen LogP contribution in [0.5, 0.6) is 0 Å². The second kappa shape index (κ2) is 11.3. The van der Waals surface area contributed by atoms with Gasteiger partial charge in [-0.2, -0.15) is 0 Å². The van der Waals surface area contributed by atoms with E-state index in [-0.39, 0.29) is 24.5 Å². The summed E-state index contributed by atoms with van der Waals surface area (Å²) in [5, 5.41) is 4.57. The van der Waals surface area contributed by atoms with Gasteiger partial charge in [0.25, 0.3) is 5.91 Å². The summed E-state index contributed by atoms with van der Waals surface area (Å²) in [5.74, 6) is -1.31. The van der Waals surface area contributed by atoms with Gasteiger partial charge in [0.15, 0.2) is 12.4 Å². The maximum Gasteiger partial charge on any atom is 0.321 e. The van der Waals surface area contributed by atoms with Crippen LogP contribution >= 0.6 is 11.8 Å². The fourth-order valence-electron chi connectivity index (χ4n) is 1.86. The average Bonchev–Trinajstić information content (AvgIpc) is 2.62. The lowest BCUT2D eigenvalue weighted by molar-refractivity contribution is -0.148. The molecule has 0 unspecified atom stereocenters. The third-order valence-corrected chi connectivity index (χ3v) is 4.00. The summed E-state index contributed by atoms with van der Waals surface area (Å²) >= 11 is 1.57. The SMILES string of the molecule is CSc1ccc(C(=O)CCC(=O)OCC(=O)NC(=O)NCC(C)C)cc1. The largest absolute Gasteiger partial charge is 0.456 e. The van der Waals surface area contributed by atoms with E-state index in [1.54, 1.807) is 23.9 Å². The quantitative estimate of drug-likeness (QED) is 0.387. The molecule has 0 spiro atoms. The maximum absolute atomic E-state index is 12.0. The summed E-state index contributed by atoms with van der Waals surface area (Å²) in [7, 11) is 0. The third-order valence-electron chi connectivity index (χ3n) is 3.26. The number of imide groups is 1. The highest BCUT2D eigenvalue weighted by atomic mass is 32.2. The first-order valence-electron chi connectivity index (χ1n) is 8.22. The van der Waals surface area contributed by atoms with Crippen LogP contribution in [0.4, 0.5) is 4.79 Å². The Morgan fingerprint density at radius 2 is 1.73 bits per heavy atom. The molecule has 0 aliphatic heterocycles. The van der Waals surface area contributed by atoms with Crippen LogP contribution in [-0.2, 0) is 14.3 Å². The van der Waals surface area contributed by atoms with Crippen LogP contribution in [-0.4, -0.2) is 43.1 Å². The Hall–Kier alpha value is -2.35. The molecule has 0 aliphatic carbocycles. The summed E-state index contributed by atoms with van der Waals surface area (Å²) in [6.45, 7) is 3.70. The number of Topliss-reactive ketones (excluding diaryl/α,β-unsaturated/α-hetero) is 1. The molecule has 0 heterocycles. The molecule has 0 bridgehead atoms. The number of urea groups is 1. The van der Waals surface area contributed by atoms with Gasteiger partial charge in [-0.3, -0.25) is 19.7 Å². The lowest BCUT2D eigenvalue weighted by Crippen LogP contribution is -2.42. The zero-order chi connectivity index (χ0) is 19.5. The van der Waals surface area contributed by atoms with Crippen molar-refractivity contribution in [3.63, 3.8) is 0 Å². The van der Waals surface area contributed by atoms with Crippen LogP contribution in [0, 0.1) is 5.92 Å². The first-order chi connectivity index (χ1) is 12.3. The standard InChI is InChI=1S/C18H24N2O5S/c1-12(2)10-19-18(24)20-16(22)11-25-17(23)9-8-15(21)13-4-6-14(26-3)7-5-13/h4-7,12H,8-11H2,1-3H3,(H2,19,20,22,24). The normalized spacial score (nSPS) is 10.3. The topological polar surface area (TPSA) is 102 Å². The number of amides is 3. The number of nitrogens with one attached hydrogen (secondary N) is 2. The summed E-state index contributed by atoms with van der Waals surface area (Å²) < 4.78 is 4.77. The van der Waals surface area contributed by atoms with Crippen molar-refractivity contribution in [1.29, 1.82) is 0 Å². The molecule has 0 fully saturated rings. The van der Waals surface area contributed by atoms with E-state index < -0.39 is 24.5 Å². The van der Waals surface area contributed by atoms with Gasteiger partial charge in [0.1, 0.15) is 0 Å². The van der Waals surface area contributed by atoms with Gasteiger partial charge in [0.05, 0.1) is 6.42 Å². The van der Waals surface area contributed by atoms with Crippen LogP contribution in [0.2, 0.25) is 0 Å². The van der Waals surface area contributed by atoms with Gasteiger partial charge < -0.3 is 10.1 Å². The molecule has 8 heteroatoms. The van der Waals surface area contributed by atoms with E-state index in [2.05, 4.69) is 10.6 Å². The predicted molar refractivity (Wildman–Crippen MR) is 99.1 cm³/mol. The van der Waals surface area contributed by atoms with Crippen molar-refractivity contribution in [2.45, 2.75) is 31.6 Å². The van der Waals surface area contributed by atoms with Crippen LogP contribution < -0.4 is 10.6 Å². The second-order valence-corrected chi connectivity index (χ2v) is 6.84. The molecule has 0 atom stereocenters. The Bertz CT molecular complexity index is 643. The molecule has 1 rings (SSSR count). The number of hydrogen-bond donors (Lipinski definition) is 2. The van der Waals surface area contributed by atoms with Gasteiger partial charge >= 0.3 is 12.0 Å². The lowest BCUT2D eigenvalue weighted by Gasteiger charge is -2.09. The van der Waals surface area contributed by atoms with Crippen molar-refractivity contribution < 1.29 is 23.9 Å². The number of ether oxygens (including phenoxy) is 1. The van der Waals surface area contributed by atoms with Crippen LogP contribution in [0.3, 0.4) is 0 Å². The highest BCUT2D eigenvalue weighted by molar-refractivity contribution is 7.98. The van der Waals surface area contributed by atoms with Crippen LogP contribution in [0.25, 0.3) is 0 Å². The molecule has 3 amide bonds. The Kier molecular flexibility index (Phi) is 9.43. The number of thioether (sulfide) groups is 1. The van der Waals surface area contributed by atoms with Crippen molar-refractivity contribution in [2.75, 3.05) is 19.4 Å². The molecule has 1 aromatic carbocycles. The molecular formula is C18H24N2O5S. The number of hydrogen-bond acceptors (Lipinski definition) is 6. The minimum atomic E-state index is -0.724. The third kappa shape index (κ3) is 8.66. The van der Waals surface area contributed by atoms with E-state index in [0.717, 1.165) is 4.90 Å². The molecule has 26 heavy (non-hydrogen) atoms. The average molecular weight is 380 g/mol. The molecule has 0 radical (unpaired) electrons. The van der Waals surface area contributed by atoms with Gasteiger partial charge in [-0.15, -0.1) is 11.8 Å². The number of esters is 1. The Morgan fingerprint density at radius 1 is 1.08 bits per heavy atom. The molecule has 0 saturated heterocycles. The predicted octanol–water partition coefficient (Wildman–Crippen LogP) is 2.40. The minimum absolute atomic E-state index is 0.00601. The first-order valence-corrected chi connectivity index (χ1v) is 9.44. The van der Waals surface area contributed by atoms with E-state index >= 15 is 0 Å². The second-order valence-electron chi connectivity index (χ2n) is 5.96. The first kappa shape index (κ1) is 21.7. The molecule has 0 aliphatic rings. The van der Waals surface area contributed by atoms with E-state index in [9.17, 15) is 19.2 Å². The van der Waals surface area contributed by atoms with Crippen molar-refractivity contribution >= 4 is 35.5 Å². The van der Waals surface area contributed by atoms with Crippen molar-refractivity contribution in [3.8, 4) is 0 Å². The number of rotatable bonds is 9. The lowest BCUT2D eigenvalue weighted by atomic mass is 10.1. The molecule has 7 nitrogen and oxygen atoms in total. The zero-order valence-corrected chi connectivity index (χ0v) is 16.0. The van der Waals surface area contributed by atoms with Crippen LogP contribution in [0.1, 0.15) is 37.0 Å². The fraction of sp³-hybridized carbons (Fsp3) is 0.444. The molecule has 142 valence electrons. The van der Waals surface area contributed by atoms with Gasteiger partial charge in [0.2, 0.25) is 0 Å². The van der Waals surface area contributed by atoms with Crippen molar-refractivity contribution in [3.05, 3.63) is 29.8 Å². The smallest absolute Gasteiger partial charge is 0.321 e. The Labute approximate surface area is 157 Å². The van der Waals surface area contributed by atoms with Gasteiger partial charge in [0, 0.05) is 23.4 Å². The molecular weight excluding hydrogens is 356 g/mol. The number of carbonyl (C=O) groups excluding carboxylic acids is 4. The summed E-state index contributed by atoms with van der Waals surface area (Å²) in [6, 6.07) is 6.46. The van der Waals surface area contributed by atoms with E-state index in [1.807, 2.05) is 32.2 Å². The van der Waals surface area contributed by atoms with Crippen LogP contribution in [0.15, 0.2) is 29.2 Å². The minimum Gasteiger partial charge on any atom is -0.456 e. The van der Waals surface area contributed by atoms with Crippen molar-refractivity contribution in [2.24, 2.45) is 5.92 Å². The van der Waals surface area contributed by atoms with E-state index in [0.29, 0.717) is 12.1 Å². The Morgan fingerprint density at radius 3 is 2.31 bits per heavy atom. The molecule has 2 N–H and O–H groups in total. The highest BCUT2D eigenvalue weighted by Crippen LogP contribution is 2.16. The molecule has 0 saturated carbocycles. The number of ketones is 1. The summed E-state index contributed by atoms with van der Waals surface area (Å²) in [6.07, 6.45) is 1.81. The summed E-state index contributed by atoms with van der Waals surface area (Å²) in [5.41, 5.74) is 0.523. The van der Waals surface area contributed by atoms with E-state index in [4.69, 9.17) is 4.74 Å². The zero-order valence-electron chi connectivity index (χ0n) is 15.2. The monoisotopic (exact) mass is 380 g/mol. The highest BCUT2D eigenvalue weighted by Gasteiger charge is 2.13. The van der Waals surface area contributed by atoms with Gasteiger partial charge in [-0.1, -0.05) is 26.0 Å². The van der Waals surface area contributed by atoms with Gasteiger partial charge in [-0.25, -0.2) is 4.79 Å². The maximum atomic E-state index is 12.0. The summed E-state index contributed by atoms with van der Waals surface area (Å²) in [4.78, 5) is 47.6. The van der Waals surface area contributed by atoms with Gasteiger partial charge in [-0.05, 0) is 24.3 Å². The number of benzene rings is 1. The van der Waals surface area contributed by atoms with E-state index in [1.165, 1.54) is 0 Å². The fourth-order valence-corrected chi connectivity index (χ4v) is 2.27. The Balaban J connectivity index is 2.27. The molecule has 0 aromatic heterocycles. The molecule has 1 aromatic rings. The number of carbonyl (C=O) groups is 4. The van der Waals surface area contributed by atoms with Crippen molar-refractivity contribution in [1.82, 2.24) is 10.6 Å².